The summed E-state index contributed by atoms with van der Waals surface area (Å²) in [5.41, 5.74) is 4.94. The summed E-state index contributed by atoms with van der Waals surface area (Å²) in [4.78, 5) is 24.4. The highest BCUT2D eigenvalue weighted by Crippen LogP contribution is 2.23. The van der Waals surface area contributed by atoms with Crippen LogP contribution in [-0.4, -0.2) is 34.7 Å². The van der Waals surface area contributed by atoms with Crippen LogP contribution in [-0.2, 0) is 22.4 Å². The SMILES string of the molecule is Cc1ccc(-n2nc(C)c(CC(=O)NCCNC(=O)Cc3cccc(F)c3)c2C)cc1Cl. The van der Waals surface area contributed by atoms with Crippen LogP contribution in [0.2, 0.25) is 5.02 Å². The fourth-order valence-corrected chi connectivity index (χ4v) is 3.59. The van der Waals surface area contributed by atoms with Gasteiger partial charge in [0.05, 0.1) is 24.2 Å². The van der Waals surface area contributed by atoms with Crippen LogP contribution >= 0.6 is 11.6 Å². The molecule has 168 valence electrons. The number of nitrogens with zero attached hydrogens (tertiary/aromatic N) is 2. The fourth-order valence-electron chi connectivity index (χ4n) is 3.42. The lowest BCUT2D eigenvalue weighted by Gasteiger charge is -2.09. The van der Waals surface area contributed by atoms with Crippen LogP contribution in [0.3, 0.4) is 0 Å². The molecule has 2 amide bonds. The lowest BCUT2D eigenvalue weighted by molar-refractivity contribution is -0.122. The maximum absolute atomic E-state index is 13.2. The molecule has 2 aromatic carbocycles. The molecule has 0 bridgehead atoms. The topological polar surface area (TPSA) is 76.0 Å². The monoisotopic (exact) mass is 456 g/mol. The quantitative estimate of drug-likeness (QED) is 0.508. The number of halogens is 2. The largest absolute Gasteiger partial charge is 0.354 e. The van der Waals surface area contributed by atoms with Crippen molar-refractivity contribution < 1.29 is 14.0 Å². The van der Waals surface area contributed by atoms with Gasteiger partial charge in [0.15, 0.2) is 0 Å². The summed E-state index contributed by atoms with van der Waals surface area (Å²) in [5, 5.41) is 10.8. The molecule has 8 heteroatoms. The van der Waals surface area contributed by atoms with Crippen molar-refractivity contribution in [3.8, 4) is 5.69 Å². The van der Waals surface area contributed by atoms with Crippen LogP contribution in [0.5, 0.6) is 0 Å². The minimum absolute atomic E-state index is 0.0896. The Kier molecular flexibility index (Phi) is 7.64. The van der Waals surface area contributed by atoms with Gasteiger partial charge in [-0.1, -0.05) is 29.8 Å². The van der Waals surface area contributed by atoms with Gasteiger partial charge < -0.3 is 10.6 Å². The van der Waals surface area contributed by atoms with Crippen LogP contribution in [0, 0.1) is 26.6 Å². The van der Waals surface area contributed by atoms with Crippen molar-refractivity contribution in [1.82, 2.24) is 20.4 Å². The van der Waals surface area contributed by atoms with E-state index in [-0.39, 0.29) is 30.5 Å². The number of aromatic nitrogens is 2. The lowest BCUT2D eigenvalue weighted by atomic mass is 10.1. The van der Waals surface area contributed by atoms with Crippen molar-refractivity contribution in [2.75, 3.05) is 13.1 Å². The Morgan fingerprint density at radius 1 is 1.00 bits per heavy atom. The van der Waals surface area contributed by atoms with E-state index in [1.807, 2.05) is 39.0 Å². The average molecular weight is 457 g/mol. The molecule has 0 fully saturated rings. The Balaban J connectivity index is 1.50. The molecule has 2 N–H and O–H groups in total. The first-order chi connectivity index (χ1) is 15.2. The van der Waals surface area contributed by atoms with E-state index in [0.29, 0.717) is 23.7 Å². The van der Waals surface area contributed by atoms with E-state index in [2.05, 4.69) is 15.7 Å². The van der Waals surface area contributed by atoms with Gasteiger partial charge in [-0.25, -0.2) is 9.07 Å². The third kappa shape index (κ3) is 5.95. The minimum atomic E-state index is -0.373. The Labute approximate surface area is 191 Å². The van der Waals surface area contributed by atoms with E-state index in [1.54, 1.807) is 16.8 Å². The van der Waals surface area contributed by atoms with Gasteiger partial charge in [0, 0.05) is 29.4 Å². The van der Waals surface area contributed by atoms with Gasteiger partial charge in [0.2, 0.25) is 11.8 Å². The summed E-state index contributed by atoms with van der Waals surface area (Å²) >= 11 is 6.24. The third-order valence-corrected chi connectivity index (χ3v) is 5.61. The zero-order valence-corrected chi connectivity index (χ0v) is 19.1. The molecular formula is C24H26ClFN4O2. The number of carbonyl (C=O) groups is 2. The molecular weight excluding hydrogens is 431 g/mol. The minimum Gasteiger partial charge on any atom is -0.354 e. The van der Waals surface area contributed by atoms with Crippen molar-refractivity contribution in [2.45, 2.75) is 33.6 Å². The average Bonchev–Trinajstić information content (AvgIpc) is 3.01. The molecule has 3 rings (SSSR count). The molecule has 0 aliphatic rings. The molecule has 1 heterocycles. The second kappa shape index (κ2) is 10.4. The standard InChI is InChI=1S/C24H26ClFN4O2/c1-15-7-8-20(13-22(15)25)30-17(3)21(16(2)29-30)14-24(32)28-10-9-27-23(31)12-18-5-4-6-19(26)11-18/h4-8,11,13H,9-10,12,14H2,1-3H3,(H,27,31)(H,28,32). The molecule has 0 aliphatic heterocycles. The predicted octanol–water partition coefficient (Wildman–Crippen LogP) is 3.61. The normalized spacial score (nSPS) is 10.8. The number of hydrogen-bond donors (Lipinski definition) is 2. The van der Waals surface area contributed by atoms with Crippen molar-refractivity contribution >= 4 is 23.4 Å². The zero-order chi connectivity index (χ0) is 23.3. The van der Waals surface area contributed by atoms with E-state index in [0.717, 1.165) is 28.2 Å². The first kappa shape index (κ1) is 23.5. The summed E-state index contributed by atoms with van der Waals surface area (Å²) < 4.78 is 15.0. The maximum atomic E-state index is 13.2. The van der Waals surface area contributed by atoms with Crippen molar-refractivity contribution in [3.63, 3.8) is 0 Å². The van der Waals surface area contributed by atoms with Crippen LogP contribution in [0.4, 0.5) is 4.39 Å². The number of nitrogens with one attached hydrogen (secondary N) is 2. The van der Waals surface area contributed by atoms with E-state index >= 15 is 0 Å². The molecule has 0 saturated carbocycles. The van der Waals surface area contributed by atoms with Crippen molar-refractivity contribution in [3.05, 3.63) is 81.4 Å². The highest BCUT2D eigenvalue weighted by molar-refractivity contribution is 6.31. The highest BCUT2D eigenvalue weighted by Gasteiger charge is 2.16. The van der Waals surface area contributed by atoms with Gasteiger partial charge in [-0.2, -0.15) is 5.10 Å². The molecule has 0 atom stereocenters. The second-order valence-electron chi connectivity index (χ2n) is 7.68. The van der Waals surface area contributed by atoms with E-state index in [4.69, 9.17) is 11.6 Å². The molecule has 0 unspecified atom stereocenters. The van der Waals surface area contributed by atoms with Crippen molar-refractivity contribution in [2.24, 2.45) is 0 Å². The summed E-state index contributed by atoms with van der Waals surface area (Å²) in [7, 11) is 0. The van der Waals surface area contributed by atoms with E-state index < -0.39 is 0 Å². The summed E-state index contributed by atoms with van der Waals surface area (Å²) in [6, 6.07) is 11.7. The van der Waals surface area contributed by atoms with Gasteiger partial charge in [0.1, 0.15) is 5.82 Å². The molecule has 0 radical (unpaired) electrons. The number of benzene rings is 2. The van der Waals surface area contributed by atoms with Crippen LogP contribution in [0.1, 0.15) is 28.1 Å². The molecule has 0 aliphatic carbocycles. The molecule has 0 spiro atoms. The second-order valence-corrected chi connectivity index (χ2v) is 8.09. The van der Waals surface area contributed by atoms with E-state index in [1.165, 1.54) is 12.1 Å². The summed E-state index contributed by atoms with van der Waals surface area (Å²) in [5.74, 6) is -0.756. The molecule has 1 aromatic heterocycles. The summed E-state index contributed by atoms with van der Waals surface area (Å²) in [6.07, 6.45) is 0.279. The smallest absolute Gasteiger partial charge is 0.224 e. The summed E-state index contributed by atoms with van der Waals surface area (Å²) in [6.45, 7) is 6.32. The number of hydrogen-bond acceptors (Lipinski definition) is 3. The van der Waals surface area contributed by atoms with Crippen molar-refractivity contribution in [1.29, 1.82) is 0 Å². The van der Waals surface area contributed by atoms with Gasteiger partial charge in [-0.3, -0.25) is 9.59 Å². The molecule has 0 saturated heterocycles. The number of aryl methyl sites for hydroxylation is 2. The van der Waals surface area contributed by atoms with Crippen LogP contribution < -0.4 is 10.6 Å². The fraction of sp³-hybridized carbons (Fsp3) is 0.292. The Hall–Kier alpha value is -3.19. The number of rotatable bonds is 8. The number of amides is 2. The van der Waals surface area contributed by atoms with Gasteiger partial charge in [-0.15, -0.1) is 0 Å². The van der Waals surface area contributed by atoms with Gasteiger partial charge >= 0.3 is 0 Å². The first-order valence-corrected chi connectivity index (χ1v) is 10.7. The molecule has 6 nitrogen and oxygen atoms in total. The van der Waals surface area contributed by atoms with E-state index in [9.17, 15) is 14.0 Å². The predicted molar refractivity (Wildman–Crippen MR) is 123 cm³/mol. The lowest BCUT2D eigenvalue weighted by Crippen LogP contribution is -2.36. The molecule has 3 aromatic rings. The Bertz CT molecular complexity index is 1140. The Morgan fingerprint density at radius 3 is 2.34 bits per heavy atom. The third-order valence-electron chi connectivity index (χ3n) is 5.20. The first-order valence-electron chi connectivity index (χ1n) is 10.3. The highest BCUT2D eigenvalue weighted by atomic mass is 35.5. The van der Waals surface area contributed by atoms with Gasteiger partial charge in [0.25, 0.3) is 0 Å². The van der Waals surface area contributed by atoms with Gasteiger partial charge in [-0.05, 0) is 56.2 Å². The number of carbonyl (C=O) groups excluding carboxylic acids is 2. The maximum Gasteiger partial charge on any atom is 0.224 e. The molecule has 32 heavy (non-hydrogen) atoms. The van der Waals surface area contributed by atoms with Crippen LogP contribution in [0.25, 0.3) is 5.69 Å². The zero-order valence-electron chi connectivity index (χ0n) is 18.3. The van der Waals surface area contributed by atoms with Crippen LogP contribution in [0.15, 0.2) is 42.5 Å². The Morgan fingerprint density at radius 2 is 1.69 bits per heavy atom.